The van der Waals surface area contributed by atoms with Crippen molar-refractivity contribution < 1.29 is 8.42 Å². The molecule has 1 atom stereocenters. The topological polar surface area (TPSA) is 37.4 Å². The van der Waals surface area contributed by atoms with Crippen molar-refractivity contribution in [1.82, 2.24) is 4.31 Å². The van der Waals surface area contributed by atoms with Crippen LogP contribution in [0.3, 0.4) is 0 Å². The lowest BCUT2D eigenvalue weighted by Gasteiger charge is -2.18. The molecule has 1 rings (SSSR count). The fourth-order valence-electron chi connectivity index (χ4n) is 1.42. The van der Waals surface area contributed by atoms with E-state index in [2.05, 4.69) is 6.92 Å². The summed E-state index contributed by atoms with van der Waals surface area (Å²) in [6.45, 7) is 6.98. The molecule has 0 aromatic heterocycles. The van der Waals surface area contributed by atoms with Gasteiger partial charge >= 0.3 is 0 Å². The van der Waals surface area contributed by atoms with Gasteiger partial charge in [-0.05, 0) is 26.2 Å². The van der Waals surface area contributed by atoms with Gasteiger partial charge in [0.15, 0.2) is 0 Å². The van der Waals surface area contributed by atoms with Gasteiger partial charge in [0.25, 0.3) is 0 Å². The van der Waals surface area contributed by atoms with E-state index in [0.29, 0.717) is 19.0 Å². The average Bonchev–Trinajstić information content (AvgIpc) is 2.35. The predicted molar refractivity (Wildman–Crippen MR) is 49.4 cm³/mol. The van der Waals surface area contributed by atoms with Crippen molar-refractivity contribution in [2.24, 2.45) is 5.92 Å². The Morgan fingerprint density at radius 1 is 1.42 bits per heavy atom. The van der Waals surface area contributed by atoms with Gasteiger partial charge < -0.3 is 0 Å². The highest BCUT2D eigenvalue weighted by molar-refractivity contribution is 7.89. The van der Waals surface area contributed by atoms with Crippen LogP contribution >= 0.6 is 0 Å². The third-order valence-electron chi connectivity index (χ3n) is 2.34. The molecule has 72 valence electrons. The van der Waals surface area contributed by atoms with E-state index in [9.17, 15) is 8.42 Å². The Bertz CT molecular complexity index is 246. The molecule has 1 heterocycles. The zero-order valence-electron chi connectivity index (χ0n) is 7.95. The average molecular weight is 191 g/mol. The van der Waals surface area contributed by atoms with Crippen molar-refractivity contribution in [2.75, 3.05) is 13.1 Å². The van der Waals surface area contributed by atoms with Crippen molar-refractivity contribution in [3.63, 3.8) is 0 Å². The van der Waals surface area contributed by atoms with Crippen LogP contribution in [0.2, 0.25) is 0 Å². The lowest BCUT2D eigenvalue weighted by atomic mass is 10.2. The van der Waals surface area contributed by atoms with Gasteiger partial charge in [-0.1, -0.05) is 6.92 Å². The summed E-state index contributed by atoms with van der Waals surface area (Å²) in [6.07, 6.45) is 1.01. The van der Waals surface area contributed by atoms with Gasteiger partial charge in [-0.15, -0.1) is 0 Å². The number of hydrogen-bond donors (Lipinski definition) is 0. The van der Waals surface area contributed by atoms with E-state index in [0.717, 1.165) is 6.42 Å². The Balaban J connectivity index is 2.71. The van der Waals surface area contributed by atoms with Crippen LogP contribution < -0.4 is 0 Å². The summed E-state index contributed by atoms with van der Waals surface area (Å²) < 4.78 is 24.8. The molecule has 0 aromatic carbocycles. The summed E-state index contributed by atoms with van der Waals surface area (Å²) in [5.41, 5.74) is 0. The Morgan fingerprint density at radius 2 is 2.00 bits per heavy atom. The molecule has 12 heavy (non-hydrogen) atoms. The molecule has 1 saturated heterocycles. The molecule has 0 saturated carbocycles. The number of hydrogen-bond acceptors (Lipinski definition) is 2. The van der Waals surface area contributed by atoms with Crippen molar-refractivity contribution in [2.45, 2.75) is 32.4 Å². The summed E-state index contributed by atoms with van der Waals surface area (Å²) >= 11 is 0. The monoisotopic (exact) mass is 191 g/mol. The fourth-order valence-corrected chi connectivity index (χ4v) is 2.84. The Hall–Kier alpha value is -0.0900. The second kappa shape index (κ2) is 3.34. The van der Waals surface area contributed by atoms with Crippen LogP contribution in [-0.4, -0.2) is 31.1 Å². The van der Waals surface area contributed by atoms with Crippen LogP contribution in [0.5, 0.6) is 0 Å². The van der Waals surface area contributed by atoms with E-state index in [1.165, 1.54) is 0 Å². The van der Waals surface area contributed by atoms with Gasteiger partial charge in [-0.2, -0.15) is 0 Å². The second-order valence-corrected chi connectivity index (χ2v) is 6.33. The summed E-state index contributed by atoms with van der Waals surface area (Å²) in [5.74, 6) is 0.526. The van der Waals surface area contributed by atoms with Crippen LogP contribution in [0, 0.1) is 5.92 Å². The summed E-state index contributed by atoms with van der Waals surface area (Å²) in [5, 5.41) is -0.275. The molecule has 0 aromatic rings. The maximum atomic E-state index is 11.6. The molecule has 0 N–H and O–H groups in total. The van der Waals surface area contributed by atoms with E-state index in [1.54, 1.807) is 18.2 Å². The number of nitrogens with zero attached hydrogens (tertiary/aromatic N) is 1. The molecule has 0 amide bonds. The van der Waals surface area contributed by atoms with E-state index in [-0.39, 0.29) is 5.25 Å². The molecule has 1 fully saturated rings. The minimum Gasteiger partial charge on any atom is -0.212 e. The second-order valence-electron chi connectivity index (χ2n) is 3.85. The van der Waals surface area contributed by atoms with Crippen molar-refractivity contribution in [3.8, 4) is 0 Å². The molecule has 0 unspecified atom stereocenters. The van der Waals surface area contributed by atoms with Crippen LogP contribution in [0.25, 0.3) is 0 Å². The van der Waals surface area contributed by atoms with Gasteiger partial charge in [0.1, 0.15) is 0 Å². The van der Waals surface area contributed by atoms with Gasteiger partial charge in [0, 0.05) is 13.1 Å². The highest BCUT2D eigenvalue weighted by atomic mass is 32.2. The summed E-state index contributed by atoms with van der Waals surface area (Å²) in [4.78, 5) is 0. The molecular formula is C8H17NO2S. The van der Waals surface area contributed by atoms with Gasteiger partial charge in [-0.3, -0.25) is 0 Å². The predicted octanol–water partition coefficient (Wildman–Crippen LogP) is 1.07. The van der Waals surface area contributed by atoms with Crippen molar-refractivity contribution in [1.29, 1.82) is 0 Å². The summed E-state index contributed by atoms with van der Waals surface area (Å²) in [7, 11) is -2.98. The van der Waals surface area contributed by atoms with E-state index in [1.807, 2.05) is 0 Å². The van der Waals surface area contributed by atoms with Crippen LogP contribution in [-0.2, 0) is 10.0 Å². The third-order valence-corrected chi connectivity index (χ3v) is 4.59. The first kappa shape index (κ1) is 9.99. The largest absolute Gasteiger partial charge is 0.216 e. The van der Waals surface area contributed by atoms with E-state index in [4.69, 9.17) is 0 Å². The van der Waals surface area contributed by atoms with Crippen molar-refractivity contribution in [3.05, 3.63) is 0 Å². The first-order valence-electron chi connectivity index (χ1n) is 4.43. The van der Waals surface area contributed by atoms with Crippen LogP contribution in [0.15, 0.2) is 0 Å². The molecule has 0 bridgehead atoms. The fraction of sp³-hybridized carbons (Fsp3) is 1.00. The molecule has 4 heteroatoms. The standard InChI is InChI=1S/C8H17NO2S/c1-7(2)12(10,11)9-5-4-8(3)6-9/h7-8H,4-6H2,1-3H3/t8-/m1/s1. The Labute approximate surface area is 74.8 Å². The molecule has 0 aliphatic carbocycles. The number of rotatable bonds is 2. The minimum absolute atomic E-state index is 0.275. The smallest absolute Gasteiger partial charge is 0.212 e. The van der Waals surface area contributed by atoms with Crippen molar-refractivity contribution >= 4 is 10.0 Å². The van der Waals surface area contributed by atoms with Gasteiger partial charge in [0.2, 0.25) is 10.0 Å². The molecule has 0 radical (unpaired) electrons. The zero-order chi connectivity index (χ0) is 9.35. The highest BCUT2D eigenvalue weighted by Gasteiger charge is 2.30. The first-order chi connectivity index (χ1) is 5.44. The summed E-state index contributed by atoms with van der Waals surface area (Å²) in [6, 6.07) is 0. The molecule has 1 aliphatic rings. The highest BCUT2D eigenvalue weighted by Crippen LogP contribution is 2.20. The zero-order valence-corrected chi connectivity index (χ0v) is 8.76. The Kier molecular flexibility index (Phi) is 2.78. The van der Waals surface area contributed by atoms with Gasteiger partial charge in [-0.25, -0.2) is 12.7 Å². The lowest BCUT2D eigenvalue weighted by Crippen LogP contribution is -2.34. The third kappa shape index (κ3) is 1.80. The maximum absolute atomic E-state index is 11.6. The molecule has 0 spiro atoms. The number of sulfonamides is 1. The lowest BCUT2D eigenvalue weighted by molar-refractivity contribution is 0.458. The normalized spacial score (nSPS) is 26.8. The molecular weight excluding hydrogens is 174 g/mol. The van der Waals surface area contributed by atoms with Crippen LogP contribution in [0.4, 0.5) is 0 Å². The maximum Gasteiger partial charge on any atom is 0.216 e. The first-order valence-corrected chi connectivity index (χ1v) is 5.94. The minimum atomic E-state index is -2.98. The van der Waals surface area contributed by atoms with E-state index >= 15 is 0 Å². The molecule has 3 nitrogen and oxygen atoms in total. The Morgan fingerprint density at radius 3 is 2.33 bits per heavy atom. The van der Waals surface area contributed by atoms with Crippen LogP contribution in [0.1, 0.15) is 27.2 Å². The molecule has 1 aliphatic heterocycles. The van der Waals surface area contributed by atoms with E-state index < -0.39 is 10.0 Å². The quantitative estimate of drug-likeness (QED) is 0.654. The van der Waals surface area contributed by atoms with Gasteiger partial charge in [0.05, 0.1) is 5.25 Å². The SMILES string of the molecule is CC(C)S(=O)(=O)N1CC[C@@H](C)C1.